The Kier molecular flexibility index (Phi) is 3.62. The van der Waals surface area contributed by atoms with Crippen molar-refractivity contribution in [3.05, 3.63) is 17.6 Å². The number of aromatic nitrogens is 2. The Labute approximate surface area is 103 Å². The van der Waals surface area contributed by atoms with E-state index in [1.165, 1.54) is 0 Å². The number of hydrogen-bond acceptors (Lipinski definition) is 4. The van der Waals surface area contributed by atoms with Crippen LogP contribution >= 0.6 is 0 Å². The van der Waals surface area contributed by atoms with Crippen LogP contribution in [-0.4, -0.2) is 22.1 Å². The third-order valence-corrected chi connectivity index (χ3v) is 3.27. The molecule has 0 saturated heterocycles. The maximum Gasteiger partial charge on any atom is 0.130 e. The van der Waals surface area contributed by atoms with E-state index in [1.807, 2.05) is 6.92 Å². The molecule has 1 aromatic rings. The lowest BCUT2D eigenvalue weighted by Gasteiger charge is -2.15. The fourth-order valence-corrected chi connectivity index (χ4v) is 2.32. The van der Waals surface area contributed by atoms with E-state index < -0.39 is 0 Å². The van der Waals surface area contributed by atoms with Crippen molar-refractivity contribution in [2.24, 2.45) is 5.73 Å². The molecule has 0 spiro atoms. The third-order valence-electron chi connectivity index (χ3n) is 3.27. The van der Waals surface area contributed by atoms with Gasteiger partial charge in [-0.15, -0.1) is 0 Å². The van der Waals surface area contributed by atoms with E-state index >= 15 is 0 Å². The Bertz CT molecular complexity index is 389. The van der Waals surface area contributed by atoms with Crippen LogP contribution in [0, 0.1) is 6.92 Å². The van der Waals surface area contributed by atoms with Gasteiger partial charge >= 0.3 is 0 Å². The van der Waals surface area contributed by atoms with Gasteiger partial charge in [0.05, 0.1) is 0 Å². The summed E-state index contributed by atoms with van der Waals surface area (Å²) in [5, 5.41) is 3.48. The van der Waals surface area contributed by atoms with Crippen LogP contribution in [0.1, 0.15) is 50.5 Å². The van der Waals surface area contributed by atoms with E-state index in [4.69, 9.17) is 5.73 Å². The zero-order chi connectivity index (χ0) is 12.4. The van der Waals surface area contributed by atoms with Crippen LogP contribution in [0.25, 0.3) is 0 Å². The maximum absolute atomic E-state index is 5.91. The first-order chi connectivity index (χ1) is 8.04. The highest BCUT2D eigenvalue weighted by molar-refractivity contribution is 5.38. The molecule has 2 rings (SSSR count). The van der Waals surface area contributed by atoms with Gasteiger partial charge in [0.1, 0.15) is 11.6 Å². The van der Waals surface area contributed by atoms with Crippen LogP contribution in [0.3, 0.4) is 0 Å². The van der Waals surface area contributed by atoms with Crippen molar-refractivity contribution in [1.82, 2.24) is 9.97 Å². The van der Waals surface area contributed by atoms with E-state index in [-0.39, 0.29) is 0 Å². The second kappa shape index (κ2) is 5.00. The molecule has 4 nitrogen and oxygen atoms in total. The summed E-state index contributed by atoms with van der Waals surface area (Å²) < 4.78 is 0. The van der Waals surface area contributed by atoms with Gasteiger partial charge in [-0.2, -0.15) is 0 Å². The molecule has 1 aromatic heterocycles. The number of rotatable bonds is 3. The minimum absolute atomic E-state index is 0.347. The molecule has 2 atom stereocenters. The molecule has 0 amide bonds. The molecule has 1 aliphatic rings. The van der Waals surface area contributed by atoms with E-state index in [0.29, 0.717) is 18.0 Å². The Morgan fingerprint density at radius 3 is 2.71 bits per heavy atom. The van der Waals surface area contributed by atoms with Crippen LogP contribution < -0.4 is 11.1 Å². The summed E-state index contributed by atoms with van der Waals surface area (Å²) in [6.45, 7) is 6.24. The molecule has 0 bridgehead atoms. The number of aryl methyl sites for hydroxylation is 1. The number of nitrogens with two attached hydrogens (primary N) is 1. The van der Waals surface area contributed by atoms with Gasteiger partial charge in [-0.05, 0) is 32.1 Å². The van der Waals surface area contributed by atoms with Gasteiger partial charge in [-0.25, -0.2) is 9.97 Å². The second-order valence-electron chi connectivity index (χ2n) is 5.29. The number of nitrogens with one attached hydrogen (secondary N) is 1. The molecule has 4 heteroatoms. The van der Waals surface area contributed by atoms with Crippen LogP contribution in [-0.2, 0) is 0 Å². The van der Waals surface area contributed by atoms with Gasteiger partial charge in [-0.1, -0.05) is 13.8 Å². The SMILES string of the molecule is Cc1nc(N[C@@H]2CC[C@@H](N)C2)cc(C(C)C)n1. The lowest BCUT2D eigenvalue weighted by molar-refractivity contribution is 0.685. The topological polar surface area (TPSA) is 63.8 Å². The highest BCUT2D eigenvalue weighted by atomic mass is 15.1. The van der Waals surface area contributed by atoms with Crippen LogP contribution in [0.5, 0.6) is 0 Å². The maximum atomic E-state index is 5.91. The van der Waals surface area contributed by atoms with Gasteiger partial charge in [0.2, 0.25) is 0 Å². The lowest BCUT2D eigenvalue weighted by Crippen LogP contribution is -2.21. The molecule has 17 heavy (non-hydrogen) atoms. The highest BCUT2D eigenvalue weighted by Gasteiger charge is 2.22. The van der Waals surface area contributed by atoms with Crippen molar-refractivity contribution in [2.75, 3.05) is 5.32 Å². The van der Waals surface area contributed by atoms with Crippen molar-refractivity contribution < 1.29 is 0 Å². The first-order valence-corrected chi connectivity index (χ1v) is 6.42. The predicted molar refractivity (Wildman–Crippen MR) is 70.1 cm³/mol. The lowest BCUT2D eigenvalue weighted by atomic mass is 10.1. The molecule has 0 aromatic carbocycles. The molecule has 0 unspecified atom stereocenters. The molecule has 0 aliphatic heterocycles. The third kappa shape index (κ3) is 3.16. The average molecular weight is 234 g/mol. The first kappa shape index (κ1) is 12.3. The Morgan fingerprint density at radius 2 is 2.12 bits per heavy atom. The van der Waals surface area contributed by atoms with Gasteiger partial charge in [0.25, 0.3) is 0 Å². The standard InChI is InChI=1S/C13H22N4/c1-8(2)12-7-13(16-9(3)15-12)17-11-5-4-10(14)6-11/h7-8,10-11H,4-6,14H2,1-3H3,(H,15,16,17)/t10-,11-/m1/s1. The Balaban J connectivity index is 2.10. The zero-order valence-electron chi connectivity index (χ0n) is 10.9. The first-order valence-electron chi connectivity index (χ1n) is 6.42. The Morgan fingerprint density at radius 1 is 1.35 bits per heavy atom. The minimum atomic E-state index is 0.347. The van der Waals surface area contributed by atoms with Gasteiger partial charge in [0.15, 0.2) is 0 Å². The summed E-state index contributed by atoms with van der Waals surface area (Å²) in [5.41, 5.74) is 7.01. The molecule has 1 saturated carbocycles. The predicted octanol–water partition coefficient (Wildman–Crippen LogP) is 2.20. The summed E-state index contributed by atoms with van der Waals surface area (Å²) in [5.74, 6) is 2.21. The molecule has 94 valence electrons. The van der Waals surface area contributed by atoms with E-state index in [0.717, 1.165) is 36.6 Å². The molecule has 1 heterocycles. The normalized spacial score (nSPS) is 24.3. The van der Waals surface area contributed by atoms with E-state index in [1.54, 1.807) is 0 Å². The summed E-state index contributed by atoms with van der Waals surface area (Å²) in [6, 6.07) is 2.88. The fraction of sp³-hybridized carbons (Fsp3) is 0.692. The van der Waals surface area contributed by atoms with E-state index in [9.17, 15) is 0 Å². The molecular weight excluding hydrogens is 212 g/mol. The number of nitrogens with zero attached hydrogens (tertiary/aromatic N) is 2. The smallest absolute Gasteiger partial charge is 0.130 e. The minimum Gasteiger partial charge on any atom is -0.367 e. The van der Waals surface area contributed by atoms with Crippen molar-refractivity contribution >= 4 is 5.82 Å². The van der Waals surface area contributed by atoms with E-state index in [2.05, 4.69) is 35.2 Å². The van der Waals surface area contributed by atoms with Gasteiger partial charge < -0.3 is 11.1 Å². The molecule has 0 radical (unpaired) electrons. The van der Waals surface area contributed by atoms with Crippen LogP contribution in [0.4, 0.5) is 5.82 Å². The summed E-state index contributed by atoms with van der Waals surface area (Å²) in [7, 11) is 0. The van der Waals surface area contributed by atoms with Crippen LogP contribution in [0.2, 0.25) is 0 Å². The molecular formula is C13H22N4. The summed E-state index contributed by atoms with van der Waals surface area (Å²) in [4.78, 5) is 8.89. The van der Waals surface area contributed by atoms with Gasteiger partial charge in [0, 0.05) is 23.8 Å². The van der Waals surface area contributed by atoms with Crippen molar-refractivity contribution in [2.45, 2.75) is 58.0 Å². The molecule has 3 N–H and O–H groups in total. The number of hydrogen-bond donors (Lipinski definition) is 2. The van der Waals surface area contributed by atoms with Crippen molar-refractivity contribution in [3.8, 4) is 0 Å². The highest BCUT2D eigenvalue weighted by Crippen LogP contribution is 2.22. The molecule has 1 fully saturated rings. The average Bonchev–Trinajstić information content (AvgIpc) is 2.63. The largest absolute Gasteiger partial charge is 0.367 e. The van der Waals surface area contributed by atoms with Crippen LogP contribution in [0.15, 0.2) is 6.07 Å². The van der Waals surface area contributed by atoms with Crippen molar-refractivity contribution in [1.29, 1.82) is 0 Å². The zero-order valence-corrected chi connectivity index (χ0v) is 10.9. The van der Waals surface area contributed by atoms with Gasteiger partial charge in [-0.3, -0.25) is 0 Å². The Hall–Kier alpha value is -1.16. The summed E-state index contributed by atoms with van der Waals surface area (Å²) >= 11 is 0. The fourth-order valence-electron chi connectivity index (χ4n) is 2.32. The monoisotopic (exact) mass is 234 g/mol. The number of anilines is 1. The second-order valence-corrected chi connectivity index (χ2v) is 5.29. The molecule has 1 aliphatic carbocycles. The summed E-state index contributed by atoms with van der Waals surface area (Å²) in [6.07, 6.45) is 3.29. The van der Waals surface area contributed by atoms with Crippen molar-refractivity contribution in [3.63, 3.8) is 0 Å². The quantitative estimate of drug-likeness (QED) is 0.841.